The Balaban J connectivity index is 0.00000529. The van der Waals surface area contributed by atoms with Crippen molar-refractivity contribution in [3.63, 3.8) is 0 Å². The fourth-order valence-electron chi connectivity index (χ4n) is 1.76. The van der Waals surface area contributed by atoms with Crippen LogP contribution in [-0.2, 0) is 0 Å². The Morgan fingerprint density at radius 1 is 1.21 bits per heavy atom. The number of thioether (sulfide) groups is 1. The summed E-state index contributed by atoms with van der Waals surface area (Å²) in [4.78, 5) is 4.24. The van der Waals surface area contributed by atoms with Crippen LogP contribution >= 0.6 is 35.7 Å². The molecule has 1 aromatic carbocycles. The second-order valence-electron chi connectivity index (χ2n) is 5.87. The molecule has 0 aliphatic heterocycles. The number of methoxy groups -OCH3 is 1. The lowest BCUT2D eigenvalue weighted by atomic mass is 10.2. The maximum absolute atomic E-state index is 5.87. The highest BCUT2D eigenvalue weighted by Crippen LogP contribution is 2.19. The lowest BCUT2D eigenvalue weighted by Crippen LogP contribution is -2.45. The minimum absolute atomic E-state index is 0. The van der Waals surface area contributed by atoms with Crippen LogP contribution in [0.4, 0.5) is 0 Å². The third-order valence-electron chi connectivity index (χ3n) is 3.41. The number of aliphatic imine (C=N–C) groups is 1. The van der Waals surface area contributed by atoms with Crippen LogP contribution in [0, 0.1) is 0 Å². The minimum atomic E-state index is 0. The van der Waals surface area contributed by atoms with Crippen LogP contribution in [-0.4, -0.2) is 50.3 Å². The van der Waals surface area contributed by atoms with Crippen molar-refractivity contribution in [3.05, 3.63) is 24.3 Å². The molecule has 7 heteroatoms. The van der Waals surface area contributed by atoms with Crippen LogP contribution in [0.3, 0.4) is 0 Å². The van der Waals surface area contributed by atoms with Crippen LogP contribution in [0.2, 0.25) is 0 Å². The Bertz CT molecular complexity index is 495. The van der Waals surface area contributed by atoms with E-state index in [1.165, 1.54) is 0 Å². The van der Waals surface area contributed by atoms with Crippen LogP contribution in [0.25, 0.3) is 0 Å². The number of halogens is 1. The van der Waals surface area contributed by atoms with E-state index in [2.05, 4.69) is 35.7 Å². The first-order valence-electron chi connectivity index (χ1n) is 7.70. The Morgan fingerprint density at radius 2 is 1.79 bits per heavy atom. The van der Waals surface area contributed by atoms with E-state index >= 15 is 0 Å². The first kappa shape index (κ1) is 23.2. The summed E-state index contributed by atoms with van der Waals surface area (Å²) in [6.07, 6.45) is 2.14. The zero-order valence-electron chi connectivity index (χ0n) is 15.4. The van der Waals surface area contributed by atoms with Gasteiger partial charge in [-0.15, -0.1) is 24.0 Å². The predicted molar refractivity (Wildman–Crippen MR) is 115 cm³/mol. The Hall–Kier alpha value is -0.830. The third kappa shape index (κ3) is 8.86. The number of rotatable bonds is 8. The molecule has 2 N–H and O–H groups in total. The molecular weight excluding hydrogens is 437 g/mol. The molecule has 0 bridgehead atoms. The molecule has 0 aliphatic carbocycles. The highest BCUT2D eigenvalue weighted by Gasteiger charge is 2.16. The van der Waals surface area contributed by atoms with Crippen molar-refractivity contribution in [2.24, 2.45) is 4.99 Å². The van der Waals surface area contributed by atoms with Crippen LogP contribution in [0.15, 0.2) is 29.3 Å². The first-order valence-corrected chi connectivity index (χ1v) is 8.93. The fraction of sp³-hybridized carbons (Fsp3) is 0.588. The van der Waals surface area contributed by atoms with Gasteiger partial charge in [0.25, 0.3) is 0 Å². The second kappa shape index (κ2) is 11.7. The van der Waals surface area contributed by atoms with Gasteiger partial charge < -0.3 is 20.1 Å². The van der Waals surface area contributed by atoms with Crippen LogP contribution < -0.4 is 20.1 Å². The van der Waals surface area contributed by atoms with Gasteiger partial charge in [-0.1, -0.05) is 0 Å². The van der Waals surface area contributed by atoms with Crippen molar-refractivity contribution >= 4 is 41.7 Å². The number of benzene rings is 1. The molecule has 0 saturated carbocycles. The van der Waals surface area contributed by atoms with Gasteiger partial charge in [0.1, 0.15) is 17.6 Å². The molecule has 0 radical (unpaired) electrons. The van der Waals surface area contributed by atoms with Crippen molar-refractivity contribution in [1.29, 1.82) is 0 Å². The molecule has 1 aromatic rings. The molecule has 5 nitrogen and oxygen atoms in total. The molecule has 24 heavy (non-hydrogen) atoms. The van der Waals surface area contributed by atoms with E-state index < -0.39 is 0 Å². The van der Waals surface area contributed by atoms with Gasteiger partial charge in [-0.2, -0.15) is 11.8 Å². The molecule has 1 atom stereocenters. The summed E-state index contributed by atoms with van der Waals surface area (Å²) in [7, 11) is 3.43. The molecule has 0 amide bonds. The lowest BCUT2D eigenvalue weighted by Gasteiger charge is -2.24. The zero-order valence-corrected chi connectivity index (χ0v) is 18.5. The average Bonchev–Trinajstić information content (AvgIpc) is 2.55. The largest absolute Gasteiger partial charge is 0.497 e. The molecule has 0 aliphatic rings. The molecule has 0 fully saturated rings. The number of ether oxygens (including phenoxy) is 2. The normalized spacial score (nSPS) is 12.8. The van der Waals surface area contributed by atoms with E-state index in [9.17, 15) is 0 Å². The summed E-state index contributed by atoms with van der Waals surface area (Å²) in [6, 6.07) is 7.59. The molecular formula is C17H30IN3O2S. The van der Waals surface area contributed by atoms with Crippen molar-refractivity contribution in [2.75, 3.05) is 33.5 Å². The topological polar surface area (TPSA) is 54.9 Å². The summed E-state index contributed by atoms with van der Waals surface area (Å²) in [5.41, 5.74) is 0. The smallest absolute Gasteiger partial charge is 0.191 e. The number of nitrogens with zero attached hydrogens (tertiary/aromatic N) is 1. The molecule has 138 valence electrons. The standard InChI is InChI=1S/C17H29N3O2S.HI/c1-13(22-15-9-7-14(21-5)8-10-15)11-19-16(18-4)20-12-17(2,3)23-6;/h7-10,13H,11-12H2,1-6H3,(H2,18,19,20);1H. The Kier molecular flexibility index (Phi) is 11.3. The highest BCUT2D eigenvalue weighted by atomic mass is 127. The molecule has 0 heterocycles. The lowest BCUT2D eigenvalue weighted by molar-refractivity contribution is 0.223. The molecule has 1 unspecified atom stereocenters. The van der Waals surface area contributed by atoms with E-state index in [1.54, 1.807) is 14.2 Å². The first-order chi connectivity index (χ1) is 10.9. The molecule has 1 rings (SSSR count). The quantitative estimate of drug-likeness (QED) is 0.349. The van der Waals surface area contributed by atoms with Gasteiger partial charge in [0, 0.05) is 18.3 Å². The third-order valence-corrected chi connectivity index (χ3v) is 4.66. The van der Waals surface area contributed by atoms with Crippen molar-refractivity contribution < 1.29 is 9.47 Å². The second-order valence-corrected chi connectivity index (χ2v) is 7.39. The van der Waals surface area contributed by atoms with Crippen molar-refractivity contribution in [2.45, 2.75) is 31.6 Å². The molecule has 0 aromatic heterocycles. The minimum Gasteiger partial charge on any atom is -0.497 e. The van der Waals surface area contributed by atoms with Gasteiger partial charge in [-0.3, -0.25) is 4.99 Å². The van der Waals surface area contributed by atoms with Crippen LogP contribution in [0.5, 0.6) is 11.5 Å². The van der Waals surface area contributed by atoms with E-state index in [0.717, 1.165) is 24.0 Å². The Labute approximate surface area is 167 Å². The van der Waals surface area contributed by atoms with Crippen LogP contribution in [0.1, 0.15) is 20.8 Å². The maximum Gasteiger partial charge on any atom is 0.191 e. The summed E-state index contributed by atoms with van der Waals surface area (Å²) in [5.74, 6) is 2.44. The van der Waals surface area contributed by atoms with Gasteiger partial charge in [-0.05, 0) is 51.3 Å². The van der Waals surface area contributed by atoms with Crippen molar-refractivity contribution in [3.8, 4) is 11.5 Å². The average molecular weight is 467 g/mol. The SMILES string of the molecule is CN=C(NCC(C)Oc1ccc(OC)cc1)NCC(C)(C)SC.I. The zero-order chi connectivity index (χ0) is 17.3. The van der Waals surface area contributed by atoms with Gasteiger partial charge >= 0.3 is 0 Å². The molecule has 0 spiro atoms. The summed E-state index contributed by atoms with van der Waals surface area (Å²) >= 11 is 1.83. The maximum atomic E-state index is 5.87. The van der Waals surface area contributed by atoms with E-state index in [0.29, 0.717) is 6.54 Å². The number of nitrogens with one attached hydrogen (secondary N) is 2. The highest BCUT2D eigenvalue weighted by molar-refractivity contribution is 14.0. The Morgan fingerprint density at radius 3 is 2.29 bits per heavy atom. The summed E-state index contributed by atoms with van der Waals surface area (Å²) in [5, 5.41) is 6.63. The summed E-state index contributed by atoms with van der Waals surface area (Å²) in [6.45, 7) is 7.95. The monoisotopic (exact) mass is 467 g/mol. The number of hydrogen-bond acceptors (Lipinski definition) is 4. The van der Waals surface area contributed by atoms with Gasteiger partial charge in [0.05, 0.1) is 13.7 Å². The summed E-state index contributed by atoms with van der Waals surface area (Å²) < 4.78 is 11.2. The van der Waals surface area contributed by atoms with Gasteiger partial charge in [0.15, 0.2) is 5.96 Å². The van der Waals surface area contributed by atoms with E-state index in [1.807, 2.05) is 43.0 Å². The van der Waals surface area contributed by atoms with Gasteiger partial charge in [-0.25, -0.2) is 0 Å². The van der Waals surface area contributed by atoms with Crippen molar-refractivity contribution in [1.82, 2.24) is 10.6 Å². The number of guanidine groups is 1. The molecule has 0 saturated heterocycles. The fourth-order valence-corrected chi connectivity index (χ4v) is 1.97. The van der Waals surface area contributed by atoms with Gasteiger partial charge in [0.2, 0.25) is 0 Å². The van der Waals surface area contributed by atoms with E-state index in [-0.39, 0.29) is 34.8 Å². The number of hydrogen-bond donors (Lipinski definition) is 2. The predicted octanol–water partition coefficient (Wildman–Crippen LogP) is 3.39. The van der Waals surface area contributed by atoms with E-state index in [4.69, 9.17) is 9.47 Å².